The number of halogens is 4. The minimum Gasteiger partial charge on any atom is -0.367 e. The Morgan fingerprint density at radius 1 is 1.24 bits per heavy atom. The molecule has 2 aliphatic rings. The molecular weight excluding hydrogens is 440 g/mol. The maximum atomic E-state index is 15.0. The van der Waals surface area contributed by atoms with Gasteiger partial charge in [-0.15, -0.1) is 0 Å². The molecule has 1 aromatic heterocycles. The van der Waals surface area contributed by atoms with Gasteiger partial charge in [-0.2, -0.15) is 0 Å². The summed E-state index contributed by atoms with van der Waals surface area (Å²) in [5.74, 6) is -5.47. The molecule has 2 atom stereocenters. The van der Waals surface area contributed by atoms with E-state index in [1.165, 1.54) is 18.5 Å². The second kappa shape index (κ2) is 9.64. The van der Waals surface area contributed by atoms with E-state index in [-0.39, 0.29) is 48.5 Å². The molecule has 0 spiro atoms. The highest BCUT2D eigenvalue weighted by molar-refractivity contribution is 5.93. The Bertz CT molecular complexity index is 982. The predicted molar refractivity (Wildman–Crippen MR) is 114 cm³/mol. The Morgan fingerprint density at radius 2 is 2.00 bits per heavy atom. The molecule has 10 heteroatoms. The highest BCUT2D eigenvalue weighted by atomic mass is 19.3. The predicted octanol–water partition coefficient (Wildman–Crippen LogP) is 4.13. The number of rotatable bonds is 6. The van der Waals surface area contributed by atoms with Crippen LogP contribution >= 0.6 is 0 Å². The van der Waals surface area contributed by atoms with Crippen molar-refractivity contribution in [3.05, 3.63) is 59.4 Å². The maximum absolute atomic E-state index is 15.0. The molecule has 0 bridgehead atoms. The van der Waals surface area contributed by atoms with Crippen LogP contribution in [-0.2, 0) is 4.84 Å². The van der Waals surface area contributed by atoms with Gasteiger partial charge < -0.3 is 10.6 Å². The van der Waals surface area contributed by atoms with Crippen molar-refractivity contribution in [2.45, 2.75) is 50.2 Å². The molecule has 178 valence electrons. The molecule has 2 fully saturated rings. The summed E-state index contributed by atoms with van der Waals surface area (Å²) >= 11 is 0. The van der Waals surface area contributed by atoms with Gasteiger partial charge in [-0.3, -0.25) is 14.6 Å². The van der Waals surface area contributed by atoms with Crippen LogP contribution < -0.4 is 16.1 Å². The normalized spacial score (nSPS) is 21.7. The zero-order valence-corrected chi connectivity index (χ0v) is 17.9. The summed E-state index contributed by atoms with van der Waals surface area (Å²) in [4.78, 5) is 23.8. The fourth-order valence-electron chi connectivity index (χ4n) is 4.58. The molecule has 1 aromatic carbocycles. The van der Waals surface area contributed by atoms with Crippen molar-refractivity contribution in [1.82, 2.24) is 10.5 Å². The van der Waals surface area contributed by atoms with E-state index in [1.807, 2.05) is 0 Å². The van der Waals surface area contributed by atoms with Gasteiger partial charge >= 0.3 is 0 Å². The van der Waals surface area contributed by atoms with Gasteiger partial charge in [0.15, 0.2) is 0 Å². The van der Waals surface area contributed by atoms with Gasteiger partial charge in [0.2, 0.25) is 5.92 Å². The van der Waals surface area contributed by atoms with Gasteiger partial charge in [0.25, 0.3) is 5.91 Å². The van der Waals surface area contributed by atoms with Gasteiger partial charge in [-0.1, -0.05) is 0 Å². The molecule has 1 amide bonds. The zero-order valence-electron chi connectivity index (χ0n) is 17.9. The van der Waals surface area contributed by atoms with E-state index in [0.717, 1.165) is 12.1 Å². The highest BCUT2D eigenvalue weighted by Crippen LogP contribution is 2.45. The van der Waals surface area contributed by atoms with Crippen LogP contribution in [-0.4, -0.2) is 35.9 Å². The number of aromatic nitrogens is 1. The van der Waals surface area contributed by atoms with E-state index in [1.54, 1.807) is 11.0 Å². The van der Waals surface area contributed by atoms with Crippen LogP contribution in [0.2, 0.25) is 0 Å². The number of benzene rings is 1. The third-order valence-electron chi connectivity index (χ3n) is 6.30. The fourth-order valence-corrected chi connectivity index (χ4v) is 4.58. The zero-order chi connectivity index (χ0) is 23.6. The van der Waals surface area contributed by atoms with Crippen molar-refractivity contribution < 1.29 is 27.2 Å². The maximum Gasteiger partial charge on any atom is 0.276 e. The summed E-state index contributed by atoms with van der Waals surface area (Å²) in [5.41, 5.74) is 8.84. The molecule has 3 N–H and O–H groups in total. The number of nitrogens with zero attached hydrogens (tertiary/aromatic N) is 2. The summed E-state index contributed by atoms with van der Waals surface area (Å²) in [5, 5.41) is 0. The number of carbonyl (C=O) groups is 1. The summed E-state index contributed by atoms with van der Waals surface area (Å²) < 4.78 is 57.0. The third-order valence-corrected chi connectivity index (χ3v) is 6.30. The molecule has 6 nitrogen and oxygen atoms in total. The molecule has 1 aliphatic carbocycles. The third kappa shape index (κ3) is 5.44. The van der Waals surface area contributed by atoms with Crippen LogP contribution in [0.25, 0.3) is 0 Å². The van der Waals surface area contributed by atoms with Crippen molar-refractivity contribution >= 4 is 11.6 Å². The lowest BCUT2D eigenvalue weighted by Crippen LogP contribution is -2.35. The Balaban J connectivity index is 1.66. The van der Waals surface area contributed by atoms with Crippen LogP contribution in [0.5, 0.6) is 0 Å². The lowest BCUT2D eigenvalue weighted by atomic mass is 9.80. The largest absolute Gasteiger partial charge is 0.367 e. The molecule has 0 radical (unpaired) electrons. The molecule has 2 heterocycles. The van der Waals surface area contributed by atoms with Crippen LogP contribution in [0.4, 0.5) is 23.2 Å². The van der Waals surface area contributed by atoms with Crippen LogP contribution in [0.1, 0.15) is 54.1 Å². The smallest absolute Gasteiger partial charge is 0.276 e. The minimum absolute atomic E-state index is 0.0809. The Hall–Kier alpha value is -2.72. The van der Waals surface area contributed by atoms with Gasteiger partial charge in [0, 0.05) is 56.0 Å². The molecule has 33 heavy (non-hydrogen) atoms. The number of pyridine rings is 1. The average Bonchev–Trinajstić information content (AvgIpc) is 3.20. The monoisotopic (exact) mass is 466 g/mol. The van der Waals surface area contributed by atoms with E-state index in [4.69, 9.17) is 10.6 Å². The lowest BCUT2D eigenvalue weighted by Gasteiger charge is -2.35. The SMILES string of the molecule is N[C@H]1CCN(c2c(F)cc(F)cc2C(ONC(=O)c2cccnc2)C2CCC(F)(F)CC2)C1. The van der Waals surface area contributed by atoms with E-state index in [2.05, 4.69) is 10.5 Å². The number of hydroxylamine groups is 1. The molecule has 2 aromatic rings. The van der Waals surface area contributed by atoms with Crippen LogP contribution in [0, 0.1) is 17.6 Å². The van der Waals surface area contributed by atoms with Crippen LogP contribution in [0.15, 0.2) is 36.7 Å². The van der Waals surface area contributed by atoms with Gasteiger partial charge in [0.05, 0.1) is 11.3 Å². The summed E-state index contributed by atoms with van der Waals surface area (Å²) in [6.45, 7) is 0.835. The summed E-state index contributed by atoms with van der Waals surface area (Å²) in [6.07, 6.45) is 1.88. The summed E-state index contributed by atoms with van der Waals surface area (Å²) in [6, 6.07) is 4.87. The van der Waals surface area contributed by atoms with Crippen molar-refractivity contribution in [1.29, 1.82) is 0 Å². The van der Waals surface area contributed by atoms with Crippen molar-refractivity contribution in [3.63, 3.8) is 0 Å². The number of carbonyl (C=O) groups excluding carboxylic acids is 1. The van der Waals surface area contributed by atoms with E-state index >= 15 is 4.39 Å². The topological polar surface area (TPSA) is 80.5 Å². The van der Waals surface area contributed by atoms with Crippen molar-refractivity contribution in [2.75, 3.05) is 18.0 Å². The molecule has 1 unspecified atom stereocenters. The van der Waals surface area contributed by atoms with Gasteiger partial charge in [0.1, 0.15) is 17.7 Å². The van der Waals surface area contributed by atoms with Gasteiger partial charge in [-0.25, -0.2) is 23.0 Å². The highest BCUT2D eigenvalue weighted by Gasteiger charge is 2.40. The fraction of sp³-hybridized carbons (Fsp3) is 0.478. The molecule has 1 aliphatic heterocycles. The average molecular weight is 466 g/mol. The first-order valence-electron chi connectivity index (χ1n) is 11.0. The quantitative estimate of drug-likeness (QED) is 0.495. The first-order valence-corrected chi connectivity index (χ1v) is 11.0. The minimum atomic E-state index is -2.79. The number of nitrogens with one attached hydrogen (secondary N) is 1. The first kappa shape index (κ1) is 23.4. The number of anilines is 1. The number of alkyl halides is 2. The first-order chi connectivity index (χ1) is 15.7. The Kier molecular flexibility index (Phi) is 6.85. The lowest BCUT2D eigenvalue weighted by molar-refractivity contribution is -0.0933. The van der Waals surface area contributed by atoms with Crippen molar-refractivity contribution in [3.8, 4) is 0 Å². The summed E-state index contributed by atoms with van der Waals surface area (Å²) in [7, 11) is 0. The van der Waals surface area contributed by atoms with E-state index in [9.17, 15) is 18.0 Å². The number of hydrogen-bond donors (Lipinski definition) is 2. The second-order valence-corrected chi connectivity index (χ2v) is 8.72. The molecular formula is C23H26F4N4O2. The van der Waals surface area contributed by atoms with E-state index in [0.29, 0.717) is 19.5 Å². The Morgan fingerprint density at radius 3 is 2.64 bits per heavy atom. The van der Waals surface area contributed by atoms with Crippen LogP contribution in [0.3, 0.4) is 0 Å². The number of hydrogen-bond acceptors (Lipinski definition) is 5. The Labute approximate surface area is 189 Å². The second-order valence-electron chi connectivity index (χ2n) is 8.72. The van der Waals surface area contributed by atoms with E-state index < -0.39 is 35.5 Å². The molecule has 1 saturated carbocycles. The standard InChI is InChI=1S/C23H26F4N4O2/c24-16-10-18(20(19(25)11-16)31-9-5-17(28)13-31)21(14-3-6-23(26,27)7-4-14)33-30-22(32)15-2-1-8-29-12-15/h1-2,8,10-12,14,17,21H,3-7,9,13,28H2,(H,30,32)/t17-,21?/m0/s1. The van der Waals surface area contributed by atoms with Crippen molar-refractivity contribution in [2.24, 2.45) is 11.7 Å². The van der Waals surface area contributed by atoms with Gasteiger partial charge in [-0.05, 0) is 43.4 Å². The number of nitrogens with two attached hydrogens (primary N) is 1. The molecule has 1 saturated heterocycles. The number of amides is 1. The molecule has 4 rings (SSSR count).